The zero-order chi connectivity index (χ0) is 11.5. The fourth-order valence-electron chi connectivity index (χ4n) is 1.80. The number of carbonyl (C=O) groups excluding carboxylic acids is 1. The van der Waals surface area contributed by atoms with E-state index in [0.717, 1.165) is 12.8 Å². The summed E-state index contributed by atoms with van der Waals surface area (Å²) in [6.07, 6.45) is 1.78. The standard InChI is InChI=1S/C10H16N2O4/c13-9(14)8(7-1-2-7)11-10(15)12-3-5-16-6-4-12/h7-8H,1-6H2,(H,11,15)(H,13,14). The summed E-state index contributed by atoms with van der Waals surface area (Å²) in [6, 6.07) is -1.02. The van der Waals surface area contributed by atoms with Gasteiger partial charge in [0.15, 0.2) is 0 Å². The highest BCUT2D eigenvalue weighted by atomic mass is 16.5. The molecule has 1 atom stereocenters. The maximum absolute atomic E-state index is 11.7. The number of morpholine rings is 1. The molecule has 0 aromatic heterocycles. The lowest BCUT2D eigenvalue weighted by atomic mass is 10.2. The Morgan fingerprint density at radius 3 is 2.44 bits per heavy atom. The van der Waals surface area contributed by atoms with E-state index in [0.29, 0.717) is 26.3 Å². The van der Waals surface area contributed by atoms with Crippen molar-refractivity contribution in [2.45, 2.75) is 18.9 Å². The Balaban J connectivity index is 1.86. The van der Waals surface area contributed by atoms with Gasteiger partial charge in [-0.15, -0.1) is 0 Å². The molecular weight excluding hydrogens is 212 g/mol. The summed E-state index contributed by atoms with van der Waals surface area (Å²) < 4.78 is 5.12. The highest BCUT2D eigenvalue weighted by Crippen LogP contribution is 2.32. The van der Waals surface area contributed by atoms with Crippen molar-refractivity contribution >= 4 is 12.0 Å². The number of nitrogens with one attached hydrogen (secondary N) is 1. The van der Waals surface area contributed by atoms with Gasteiger partial charge in [-0.3, -0.25) is 0 Å². The van der Waals surface area contributed by atoms with Crippen LogP contribution in [-0.4, -0.2) is 54.4 Å². The van der Waals surface area contributed by atoms with Gasteiger partial charge in [0, 0.05) is 13.1 Å². The Morgan fingerprint density at radius 1 is 1.31 bits per heavy atom. The van der Waals surface area contributed by atoms with Crippen molar-refractivity contribution in [3.63, 3.8) is 0 Å². The van der Waals surface area contributed by atoms with Gasteiger partial charge in [-0.1, -0.05) is 0 Å². The number of hydrogen-bond acceptors (Lipinski definition) is 3. The normalized spacial score (nSPS) is 22.6. The number of aliphatic carboxylic acids is 1. The van der Waals surface area contributed by atoms with Gasteiger partial charge in [0.1, 0.15) is 6.04 Å². The minimum Gasteiger partial charge on any atom is -0.480 e. The Kier molecular flexibility index (Phi) is 3.28. The van der Waals surface area contributed by atoms with Crippen LogP contribution in [0.1, 0.15) is 12.8 Å². The third-order valence-corrected chi connectivity index (χ3v) is 2.94. The van der Waals surface area contributed by atoms with Gasteiger partial charge in [0.25, 0.3) is 0 Å². The molecular formula is C10H16N2O4. The molecule has 2 aliphatic rings. The monoisotopic (exact) mass is 228 g/mol. The van der Waals surface area contributed by atoms with Crippen molar-refractivity contribution in [2.24, 2.45) is 5.92 Å². The minimum atomic E-state index is -0.941. The van der Waals surface area contributed by atoms with Crippen LogP contribution in [0.25, 0.3) is 0 Å². The van der Waals surface area contributed by atoms with Crippen molar-refractivity contribution in [1.82, 2.24) is 10.2 Å². The number of carboxylic acids is 1. The van der Waals surface area contributed by atoms with Gasteiger partial charge >= 0.3 is 12.0 Å². The number of ether oxygens (including phenoxy) is 1. The minimum absolute atomic E-state index is 0.113. The zero-order valence-electron chi connectivity index (χ0n) is 9.02. The number of amides is 2. The Labute approximate surface area is 93.6 Å². The molecule has 1 aliphatic heterocycles. The number of carbonyl (C=O) groups is 2. The van der Waals surface area contributed by atoms with Gasteiger partial charge in [-0.2, -0.15) is 0 Å². The largest absolute Gasteiger partial charge is 0.480 e. The van der Waals surface area contributed by atoms with E-state index in [1.807, 2.05) is 0 Å². The molecule has 0 bridgehead atoms. The summed E-state index contributed by atoms with van der Waals surface area (Å²) in [5.74, 6) is -0.827. The Hall–Kier alpha value is -1.30. The molecule has 2 N–H and O–H groups in total. The smallest absolute Gasteiger partial charge is 0.326 e. The molecule has 0 aromatic rings. The van der Waals surface area contributed by atoms with Crippen LogP contribution in [0.3, 0.4) is 0 Å². The molecule has 2 rings (SSSR count). The van der Waals surface area contributed by atoms with Gasteiger partial charge in [-0.25, -0.2) is 9.59 Å². The molecule has 0 radical (unpaired) electrons. The van der Waals surface area contributed by atoms with E-state index in [1.54, 1.807) is 4.90 Å². The van der Waals surface area contributed by atoms with Crippen LogP contribution < -0.4 is 5.32 Å². The van der Waals surface area contributed by atoms with E-state index in [9.17, 15) is 9.59 Å². The van der Waals surface area contributed by atoms with Crippen molar-refractivity contribution < 1.29 is 19.4 Å². The van der Waals surface area contributed by atoms with Crippen LogP contribution in [0.4, 0.5) is 4.79 Å². The second kappa shape index (κ2) is 4.69. The fraction of sp³-hybridized carbons (Fsp3) is 0.800. The fourth-order valence-corrected chi connectivity index (χ4v) is 1.80. The van der Waals surface area contributed by atoms with Crippen LogP contribution in [0.5, 0.6) is 0 Å². The highest BCUT2D eigenvalue weighted by molar-refractivity contribution is 5.83. The molecule has 0 spiro atoms. The quantitative estimate of drug-likeness (QED) is 0.706. The average Bonchev–Trinajstić information content (AvgIpc) is 3.10. The first-order valence-corrected chi connectivity index (χ1v) is 5.54. The summed E-state index contributed by atoms with van der Waals surface area (Å²) in [6.45, 7) is 2.11. The van der Waals surface area contributed by atoms with Crippen LogP contribution >= 0.6 is 0 Å². The van der Waals surface area contributed by atoms with E-state index in [4.69, 9.17) is 9.84 Å². The van der Waals surface area contributed by atoms with E-state index in [-0.39, 0.29) is 11.9 Å². The maximum Gasteiger partial charge on any atom is 0.326 e. The Morgan fingerprint density at radius 2 is 1.94 bits per heavy atom. The number of nitrogens with zero attached hydrogens (tertiary/aromatic N) is 1. The lowest BCUT2D eigenvalue weighted by Crippen LogP contribution is -2.51. The van der Waals surface area contributed by atoms with Gasteiger partial charge < -0.3 is 20.1 Å². The second-order valence-electron chi connectivity index (χ2n) is 4.20. The van der Waals surface area contributed by atoms with Crippen molar-refractivity contribution in [3.8, 4) is 0 Å². The number of carboxylic acid groups (broad SMARTS) is 1. The van der Waals surface area contributed by atoms with Crippen LogP contribution in [0.2, 0.25) is 0 Å². The highest BCUT2D eigenvalue weighted by Gasteiger charge is 2.38. The molecule has 0 aromatic carbocycles. The summed E-state index contributed by atoms with van der Waals surface area (Å²) in [7, 11) is 0. The third-order valence-electron chi connectivity index (χ3n) is 2.94. The van der Waals surface area contributed by atoms with E-state index >= 15 is 0 Å². The molecule has 1 saturated heterocycles. The molecule has 2 amide bonds. The molecule has 1 saturated carbocycles. The first-order chi connectivity index (χ1) is 7.68. The molecule has 16 heavy (non-hydrogen) atoms. The Bertz CT molecular complexity index is 285. The molecule has 2 fully saturated rings. The average molecular weight is 228 g/mol. The van der Waals surface area contributed by atoms with Crippen LogP contribution in [-0.2, 0) is 9.53 Å². The van der Waals surface area contributed by atoms with Crippen LogP contribution in [0.15, 0.2) is 0 Å². The summed E-state index contributed by atoms with van der Waals surface area (Å²) in [5.41, 5.74) is 0. The van der Waals surface area contributed by atoms with Crippen molar-refractivity contribution in [1.29, 1.82) is 0 Å². The SMILES string of the molecule is O=C(O)C(NC(=O)N1CCOCC1)C1CC1. The van der Waals surface area contributed by atoms with Gasteiger partial charge in [0.05, 0.1) is 13.2 Å². The van der Waals surface area contributed by atoms with Gasteiger partial charge in [0.2, 0.25) is 0 Å². The van der Waals surface area contributed by atoms with E-state index in [1.165, 1.54) is 0 Å². The van der Waals surface area contributed by atoms with Crippen molar-refractivity contribution in [2.75, 3.05) is 26.3 Å². The molecule has 1 aliphatic carbocycles. The predicted octanol–water partition coefficient (Wildman–Crippen LogP) is -0.109. The van der Waals surface area contributed by atoms with E-state index in [2.05, 4.69) is 5.32 Å². The first kappa shape index (κ1) is 11.2. The topological polar surface area (TPSA) is 78.9 Å². The molecule has 6 heteroatoms. The van der Waals surface area contributed by atoms with Crippen molar-refractivity contribution in [3.05, 3.63) is 0 Å². The predicted molar refractivity (Wildman–Crippen MR) is 55.1 cm³/mol. The molecule has 6 nitrogen and oxygen atoms in total. The van der Waals surface area contributed by atoms with E-state index < -0.39 is 12.0 Å². The molecule has 90 valence electrons. The maximum atomic E-state index is 11.7. The second-order valence-corrected chi connectivity index (χ2v) is 4.20. The summed E-state index contributed by atoms with van der Waals surface area (Å²) in [4.78, 5) is 24.3. The molecule has 1 heterocycles. The van der Waals surface area contributed by atoms with Gasteiger partial charge in [-0.05, 0) is 18.8 Å². The number of rotatable bonds is 3. The molecule has 1 unspecified atom stereocenters. The summed E-state index contributed by atoms with van der Waals surface area (Å²) >= 11 is 0. The number of urea groups is 1. The number of hydrogen-bond donors (Lipinski definition) is 2. The lowest BCUT2D eigenvalue weighted by Gasteiger charge is -2.28. The lowest BCUT2D eigenvalue weighted by molar-refractivity contribution is -0.139. The third kappa shape index (κ3) is 2.63. The zero-order valence-corrected chi connectivity index (χ0v) is 9.02. The first-order valence-electron chi connectivity index (χ1n) is 5.54. The van der Waals surface area contributed by atoms with Crippen LogP contribution in [0, 0.1) is 5.92 Å². The summed E-state index contributed by atoms with van der Waals surface area (Å²) in [5, 5.41) is 11.6.